The third-order valence-corrected chi connectivity index (χ3v) is 4.60. The van der Waals surface area contributed by atoms with Gasteiger partial charge < -0.3 is 11.1 Å². The van der Waals surface area contributed by atoms with Crippen molar-refractivity contribution in [3.63, 3.8) is 0 Å². The molecule has 1 aliphatic rings. The molecule has 2 heterocycles. The van der Waals surface area contributed by atoms with Crippen molar-refractivity contribution in [3.05, 3.63) is 53.6 Å². The zero-order chi connectivity index (χ0) is 17.6. The second kappa shape index (κ2) is 8.07. The molecule has 1 fully saturated rings. The molecular weight excluding hydrogens is 314 g/mol. The maximum atomic E-state index is 11.4. The first-order chi connectivity index (χ1) is 12.1. The molecule has 2 aromatic rings. The van der Waals surface area contributed by atoms with Crippen LogP contribution in [0.3, 0.4) is 0 Å². The minimum atomic E-state index is -0.177. The summed E-state index contributed by atoms with van der Waals surface area (Å²) in [6.07, 6.45) is 3.54. The van der Waals surface area contributed by atoms with Gasteiger partial charge in [0.2, 0.25) is 5.91 Å². The van der Waals surface area contributed by atoms with Crippen molar-refractivity contribution in [3.8, 4) is 0 Å². The van der Waals surface area contributed by atoms with E-state index >= 15 is 0 Å². The fraction of sp³-hybridized carbons (Fsp3) is 0.421. The van der Waals surface area contributed by atoms with E-state index in [0.717, 1.165) is 49.6 Å². The molecule has 1 aromatic heterocycles. The lowest BCUT2D eigenvalue weighted by Gasteiger charge is -2.31. The van der Waals surface area contributed by atoms with Gasteiger partial charge in [0, 0.05) is 24.5 Å². The van der Waals surface area contributed by atoms with Crippen LogP contribution in [0, 0.1) is 12.8 Å². The van der Waals surface area contributed by atoms with Crippen molar-refractivity contribution < 1.29 is 4.79 Å². The molecule has 1 aliphatic heterocycles. The van der Waals surface area contributed by atoms with Crippen molar-refractivity contribution in [1.82, 2.24) is 14.9 Å². The molecule has 3 N–H and O–H groups in total. The Morgan fingerprint density at radius 1 is 1.32 bits per heavy atom. The molecule has 0 spiro atoms. The van der Waals surface area contributed by atoms with E-state index in [0.29, 0.717) is 6.54 Å². The number of nitrogens with one attached hydrogen (secondary N) is 1. The predicted molar refractivity (Wildman–Crippen MR) is 97.7 cm³/mol. The van der Waals surface area contributed by atoms with Crippen molar-refractivity contribution >= 4 is 11.6 Å². The van der Waals surface area contributed by atoms with Gasteiger partial charge in [0.05, 0.1) is 18.2 Å². The Labute approximate surface area is 148 Å². The Morgan fingerprint density at radius 2 is 2.12 bits per heavy atom. The zero-order valence-electron chi connectivity index (χ0n) is 14.6. The van der Waals surface area contributed by atoms with Gasteiger partial charge in [0.1, 0.15) is 6.33 Å². The number of aryl methyl sites for hydroxylation is 1. The van der Waals surface area contributed by atoms with Gasteiger partial charge in [0.15, 0.2) is 0 Å². The first-order valence-electron chi connectivity index (χ1n) is 8.72. The predicted octanol–water partition coefficient (Wildman–Crippen LogP) is 2.09. The molecule has 6 heteroatoms. The largest absolute Gasteiger partial charge is 0.379 e. The molecule has 1 atom stereocenters. The maximum Gasteiger partial charge on any atom is 0.221 e. The van der Waals surface area contributed by atoms with Crippen molar-refractivity contribution in [2.45, 2.75) is 32.9 Å². The lowest BCUT2D eigenvalue weighted by molar-refractivity contribution is -0.123. The summed E-state index contributed by atoms with van der Waals surface area (Å²) in [4.78, 5) is 22.1. The van der Waals surface area contributed by atoms with Gasteiger partial charge in [-0.2, -0.15) is 0 Å². The van der Waals surface area contributed by atoms with Crippen LogP contribution in [0.15, 0.2) is 36.7 Å². The van der Waals surface area contributed by atoms with Gasteiger partial charge in [-0.05, 0) is 50.1 Å². The number of hydrogen-bond donors (Lipinski definition) is 2. The molecule has 3 rings (SSSR count). The van der Waals surface area contributed by atoms with Crippen LogP contribution < -0.4 is 11.1 Å². The SMILES string of the molecule is Cc1cc(CNc2ccc(CN3CCCC(C(N)=O)C3)cc2)ncn1. The number of carbonyl (C=O) groups excluding carboxylic acids is 1. The number of amides is 1. The Hall–Kier alpha value is -2.47. The summed E-state index contributed by atoms with van der Waals surface area (Å²) in [6.45, 7) is 5.28. The molecule has 1 aromatic carbocycles. The van der Waals surface area contributed by atoms with Gasteiger partial charge in [-0.15, -0.1) is 0 Å². The van der Waals surface area contributed by atoms with Gasteiger partial charge in [-0.1, -0.05) is 12.1 Å². The first kappa shape index (κ1) is 17.4. The molecular formula is C19H25N5O. The van der Waals surface area contributed by atoms with Crippen LogP contribution >= 0.6 is 0 Å². The molecule has 0 aliphatic carbocycles. The number of primary amides is 1. The van der Waals surface area contributed by atoms with Crippen LogP contribution in [-0.2, 0) is 17.9 Å². The average Bonchev–Trinajstić information content (AvgIpc) is 2.61. The van der Waals surface area contributed by atoms with Crippen molar-refractivity contribution in [1.29, 1.82) is 0 Å². The van der Waals surface area contributed by atoms with E-state index in [1.165, 1.54) is 5.56 Å². The fourth-order valence-corrected chi connectivity index (χ4v) is 3.22. The Morgan fingerprint density at radius 3 is 2.84 bits per heavy atom. The highest BCUT2D eigenvalue weighted by molar-refractivity contribution is 5.76. The fourth-order valence-electron chi connectivity index (χ4n) is 3.22. The molecule has 1 amide bonds. The molecule has 1 saturated heterocycles. The Balaban J connectivity index is 1.52. The zero-order valence-corrected chi connectivity index (χ0v) is 14.6. The summed E-state index contributed by atoms with van der Waals surface area (Å²) in [5, 5.41) is 3.38. The topological polar surface area (TPSA) is 84.1 Å². The highest BCUT2D eigenvalue weighted by atomic mass is 16.1. The smallest absolute Gasteiger partial charge is 0.221 e. The van der Waals surface area contributed by atoms with Gasteiger partial charge >= 0.3 is 0 Å². The molecule has 132 valence electrons. The average molecular weight is 339 g/mol. The molecule has 1 unspecified atom stereocenters. The number of rotatable bonds is 6. The summed E-state index contributed by atoms with van der Waals surface area (Å²) < 4.78 is 0. The van der Waals surface area contributed by atoms with E-state index in [2.05, 4.69) is 44.5 Å². The second-order valence-corrected chi connectivity index (χ2v) is 6.68. The quantitative estimate of drug-likeness (QED) is 0.842. The highest BCUT2D eigenvalue weighted by Crippen LogP contribution is 2.19. The van der Waals surface area contributed by atoms with Crippen LogP contribution in [0.4, 0.5) is 5.69 Å². The van der Waals surface area contributed by atoms with Crippen LogP contribution in [0.5, 0.6) is 0 Å². The van der Waals surface area contributed by atoms with E-state index in [9.17, 15) is 4.79 Å². The van der Waals surface area contributed by atoms with Gasteiger partial charge in [-0.3, -0.25) is 9.69 Å². The summed E-state index contributed by atoms with van der Waals surface area (Å²) in [7, 11) is 0. The monoisotopic (exact) mass is 339 g/mol. The lowest BCUT2D eigenvalue weighted by Crippen LogP contribution is -2.40. The highest BCUT2D eigenvalue weighted by Gasteiger charge is 2.23. The second-order valence-electron chi connectivity index (χ2n) is 6.68. The van der Waals surface area contributed by atoms with Gasteiger partial charge in [-0.25, -0.2) is 9.97 Å². The molecule has 0 saturated carbocycles. The summed E-state index contributed by atoms with van der Waals surface area (Å²) in [5.74, 6) is -0.185. The molecule has 6 nitrogen and oxygen atoms in total. The Kier molecular flexibility index (Phi) is 5.60. The van der Waals surface area contributed by atoms with E-state index in [-0.39, 0.29) is 11.8 Å². The number of nitrogens with zero attached hydrogens (tertiary/aromatic N) is 3. The minimum Gasteiger partial charge on any atom is -0.379 e. The third kappa shape index (κ3) is 5.00. The molecule has 25 heavy (non-hydrogen) atoms. The van der Waals surface area contributed by atoms with Gasteiger partial charge in [0.25, 0.3) is 0 Å². The summed E-state index contributed by atoms with van der Waals surface area (Å²) >= 11 is 0. The van der Waals surface area contributed by atoms with Crippen molar-refractivity contribution in [2.75, 3.05) is 18.4 Å². The third-order valence-electron chi connectivity index (χ3n) is 4.60. The number of aromatic nitrogens is 2. The van der Waals surface area contributed by atoms with Crippen LogP contribution in [-0.4, -0.2) is 33.9 Å². The number of anilines is 1. The standard InChI is InChI=1S/C19H25N5O/c1-14-9-18(23-13-22-14)10-21-17-6-4-15(5-7-17)11-24-8-2-3-16(12-24)19(20)25/h4-7,9,13,16,21H,2-3,8,10-12H2,1H3,(H2,20,25). The first-order valence-corrected chi connectivity index (χ1v) is 8.72. The maximum absolute atomic E-state index is 11.4. The number of hydrogen-bond acceptors (Lipinski definition) is 5. The van der Waals surface area contributed by atoms with E-state index in [4.69, 9.17) is 5.73 Å². The van der Waals surface area contributed by atoms with Crippen LogP contribution in [0.25, 0.3) is 0 Å². The summed E-state index contributed by atoms with van der Waals surface area (Å²) in [5.41, 5.74) is 9.70. The van der Waals surface area contributed by atoms with E-state index < -0.39 is 0 Å². The van der Waals surface area contributed by atoms with Crippen LogP contribution in [0.1, 0.15) is 29.8 Å². The minimum absolute atomic E-state index is 0.00833. The number of piperidine rings is 1. The summed E-state index contributed by atoms with van der Waals surface area (Å²) in [6, 6.07) is 10.4. The van der Waals surface area contributed by atoms with Crippen molar-refractivity contribution in [2.24, 2.45) is 11.7 Å². The van der Waals surface area contributed by atoms with E-state index in [1.54, 1.807) is 6.33 Å². The number of carbonyl (C=O) groups is 1. The van der Waals surface area contributed by atoms with E-state index in [1.807, 2.05) is 13.0 Å². The number of benzene rings is 1. The number of likely N-dealkylation sites (tertiary alicyclic amines) is 1. The Bertz CT molecular complexity index is 716. The molecule has 0 bridgehead atoms. The normalized spacial score (nSPS) is 18.0. The number of nitrogens with two attached hydrogens (primary N) is 1. The lowest BCUT2D eigenvalue weighted by atomic mass is 9.97. The molecule has 0 radical (unpaired) electrons. The van der Waals surface area contributed by atoms with Crippen LogP contribution in [0.2, 0.25) is 0 Å².